The van der Waals surface area contributed by atoms with Crippen molar-refractivity contribution in [2.24, 2.45) is 0 Å². The molecule has 1 unspecified atom stereocenters. The van der Waals surface area contributed by atoms with Crippen molar-refractivity contribution in [3.63, 3.8) is 0 Å². The molecule has 2 aliphatic rings. The van der Waals surface area contributed by atoms with Crippen molar-refractivity contribution in [2.45, 2.75) is 71.3 Å². The highest BCUT2D eigenvalue weighted by Gasteiger charge is 2.31. The Hall–Kier alpha value is -1.38. The first-order valence-electron chi connectivity index (χ1n) is 10.7. The van der Waals surface area contributed by atoms with Crippen LogP contribution in [0.2, 0.25) is 0 Å². The number of urea groups is 1. The van der Waals surface area contributed by atoms with E-state index in [1.54, 1.807) is 18.3 Å². The number of ether oxygens (including phenoxy) is 1. The zero-order chi connectivity index (χ0) is 21.3. The van der Waals surface area contributed by atoms with Gasteiger partial charge < -0.3 is 10.1 Å². The number of anilines is 1. The normalized spacial score (nSPS) is 17.8. The van der Waals surface area contributed by atoms with Gasteiger partial charge in [0, 0.05) is 16.3 Å². The summed E-state index contributed by atoms with van der Waals surface area (Å²) in [5.41, 5.74) is 4.20. The van der Waals surface area contributed by atoms with Gasteiger partial charge >= 0.3 is 12.0 Å². The summed E-state index contributed by atoms with van der Waals surface area (Å²) in [5, 5.41) is 6.55. The number of hydrogen-bond acceptors (Lipinski definition) is 5. The van der Waals surface area contributed by atoms with Crippen LogP contribution in [0.15, 0.2) is 3.79 Å². The fourth-order valence-corrected chi connectivity index (χ4v) is 7.94. The molecule has 2 amide bonds. The molecule has 0 spiro atoms. The second-order valence-electron chi connectivity index (χ2n) is 7.93. The molecule has 0 fully saturated rings. The molecule has 2 aromatic heterocycles. The summed E-state index contributed by atoms with van der Waals surface area (Å²) < 4.78 is 6.42. The van der Waals surface area contributed by atoms with Crippen LogP contribution in [0.5, 0.6) is 0 Å². The number of rotatable bonds is 5. The lowest BCUT2D eigenvalue weighted by atomic mass is 9.86. The van der Waals surface area contributed by atoms with E-state index in [4.69, 9.17) is 4.74 Å². The third-order valence-electron chi connectivity index (χ3n) is 5.92. The molecule has 0 radical (unpaired) electrons. The molecule has 2 aromatic rings. The van der Waals surface area contributed by atoms with Gasteiger partial charge in [-0.2, -0.15) is 0 Å². The Bertz CT molecular complexity index is 966. The summed E-state index contributed by atoms with van der Waals surface area (Å²) in [5.74, 6) is -0.0370. The number of carbonyl (C=O) groups excluding carboxylic acids is 2. The molecule has 0 saturated carbocycles. The third kappa shape index (κ3) is 4.32. The lowest BCUT2D eigenvalue weighted by molar-refractivity contribution is 0.0526. The summed E-state index contributed by atoms with van der Waals surface area (Å²) >= 11 is 6.98. The summed E-state index contributed by atoms with van der Waals surface area (Å²) in [6.45, 7) is 4.75. The first-order valence-corrected chi connectivity index (χ1v) is 13.1. The molecule has 2 N–H and O–H groups in total. The molecule has 0 bridgehead atoms. The van der Waals surface area contributed by atoms with Gasteiger partial charge in [0.2, 0.25) is 0 Å². The Labute approximate surface area is 193 Å². The molecule has 8 heteroatoms. The molecule has 2 heterocycles. The van der Waals surface area contributed by atoms with E-state index in [2.05, 4.69) is 33.5 Å². The Balaban J connectivity index is 1.51. The standard InChI is InChI=1S/C22H27BrN2O3S2/c1-3-28-21(26)18-17-12(2)7-6-10-16(17)30-20(18)25-22(27)24-11-14-13-8-4-5-9-15(13)29-19(14)23/h12H,3-11H2,1-2H3,(H2,24,25,27). The quantitative estimate of drug-likeness (QED) is 0.457. The highest BCUT2D eigenvalue weighted by atomic mass is 79.9. The predicted octanol–water partition coefficient (Wildman–Crippen LogP) is 6.39. The Morgan fingerprint density at radius 2 is 1.90 bits per heavy atom. The molecule has 1 atom stereocenters. The van der Waals surface area contributed by atoms with Gasteiger partial charge in [-0.25, -0.2) is 9.59 Å². The SMILES string of the molecule is CCOC(=O)c1c(NC(=O)NCc2c(Br)sc3c2CCCC3)sc2c1C(C)CCC2. The number of hydrogen-bond donors (Lipinski definition) is 2. The van der Waals surface area contributed by atoms with Crippen molar-refractivity contribution in [1.82, 2.24) is 5.32 Å². The van der Waals surface area contributed by atoms with Crippen molar-refractivity contribution in [1.29, 1.82) is 0 Å². The highest BCUT2D eigenvalue weighted by molar-refractivity contribution is 9.11. The summed E-state index contributed by atoms with van der Waals surface area (Å²) in [7, 11) is 0. The van der Waals surface area contributed by atoms with E-state index in [9.17, 15) is 9.59 Å². The van der Waals surface area contributed by atoms with Crippen LogP contribution in [0, 0.1) is 0 Å². The Morgan fingerprint density at radius 1 is 1.13 bits per heavy atom. The molecule has 5 nitrogen and oxygen atoms in total. The molecule has 4 rings (SSSR count). The number of esters is 1. The highest BCUT2D eigenvalue weighted by Crippen LogP contribution is 2.44. The van der Waals surface area contributed by atoms with Crippen LogP contribution in [0.3, 0.4) is 0 Å². The molecule has 0 aromatic carbocycles. The number of carbonyl (C=O) groups is 2. The van der Waals surface area contributed by atoms with Crippen molar-refractivity contribution in [2.75, 3.05) is 11.9 Å². The maximum absolute atomic E-state index is 12.7. The van der Waals surface area contributed by atoms with Gasteiger partial charge in [0.25, 0.3) is 0 Å². The van der Waals surface area contributed by atoms with Crippen LogP contribution in [-0.4, -0.2) is 18.6 Å². The average molecular weight is 512 g/mol. The minimum atomic E-state index is -0.339. The van der Waals surface area contributed by atoms with Crippen LogP contribution in [0.1, 0.15) is 82.3 Å². The van der Waals surface area contributed by atoms with Crippen LogP contribution in [0.25, 0.3) is 0 Å². The number of fused-ring (bicyclic) bond motifs is 2. The van der Waals surface area contributed by atoms with E-state index in [1.807, 2.05) is 0 Å². The van der Waals surface area contributed by atoms with Crippen LogP contribution < -0.4 is 10.6 Å². The van der Waals surface area contributed by atoms with Crippen LogP contribution >= 0.6 is 38.6 Å². The zero-order valence-electron chi connectivity index (χ0n) is 17.4. The first kappa shape index (κ1) is 21.8. The topological polar surface area (TPSA) is 67.4 Å². The second kappa shape index (κ2) is 9.40. The smallest absolute Gasteiger partial charge is 0.341 e. The van der Waals surface area contributed by atoms with Gasteiger partial charge in [0.05, 0.1) is 16.0 Å². The van der Waals surface area contributed by atoms with E-state index in [1.165, 1.54) is 45.1 Å². The Morgan fingerprint density at radius 3 is 2.70 bits per heavy atom. The minimum absolute atomic E-state index is 0.283. The van der Waals surface area contributed by atoms with Gasteiger partial charge in [0.1, 0.15) is 5.00 Å². The van der Waals surface area contributed by atoms with Gasteiger partial charge in [-0.3, -0.25) is 5.32 Å². The second-order valence-corrected chi connectivity index (χ2v) is 11.5. The van der Waals surface area contributed by atoms with Gasteiger partial charge in [0.15, 0.2) is 0 Å². The fraction of sp³-hybridized carbons (Fsp3) is 0.545. The van der Waals surface area contributed by atoms with Gasteiger partial charge in [-0.05, 0) is 90.4 Å². The molecule has 30 heavy (non-hydrogen) atoms. The molecule has 0 saturated heterocycles. The first-order chi connectivity index (χ1) is 14.5. The lowest BCUT2D eigenvalue weighted by Crippen LogP contribution is -2.29. The fourth-order valence-electron chi connectivity index (χ4n) is 4.49. The number of aryl methyl sites for hydroxylation is 2. The number of halogens is 1. The van der Waals surface area contributed by atoms with Crippen LogP contribution in [0.4, 0.5) is 9.80 Å². The van der Waals surface area contributed by atoms with E-state index in [0.29, 0.717) is 29.6 Å². The monoisotopic (exact) mass is 510 g/mol. The van der Waals surface area contributed by atoms with E-state index in [0.717, 1.165) is 41.5 Å². The van der Waals surface area contributed by atoms with E-state index >= 15 is 0 Å². The summed E-state index contributed by atoms with van der Waals surface area (Å²) in [6.07, 6.45) is 7.78. The summed E-state index contributed by atoms with van der Waals surface area (Å²) in [4.78, 5) is 28.1. The van der Waals surface area contributed by atoms with E-state index < -0.39 is 0 Å². The van der Waals surface area contributed by atoms with Crippen molar-refractivity contribution in [3.8, 4) is 0 Å². The third-order valence-corrected chi connectivity index (χ3v) is 9.19. The summed E-state index contributed by atoms with van der Waals surface area (Å²) in [6, 6.07) is -0.283. The Kier molecular flexibility index (Phi) is 6.85. The van der Waals surface area contributed by atoms with Gasteiger partial charge in [-0.1, -0.05) is 6.92 Å². The number of thiophene rings is 2. The molecule has 0 aliphatic heterocycles. The minimum Gasteiger partial charge on any atom is -0.462 e. The maximum atomic E-state index is 12.7. The van der Waals surface area contributed by atoms with Crippen molar-refractivity contribution in [3.05, 3.63) is 35.8 Å². The maximum Gasteiger partial charge on any atom is 0.341 e. The molecular formula is C22H27BrN2O3S2. The largest absolute Gasteiger partial charge is 0.462 e. The van der Waals surface area contributed by atoms with Crippen molar-refractivity contribution >= 4 is 55.6 Å². The number of amides is 2. The van der Waals surface area contributed by atoms with Crippen LogP contribution in [-0.2, 0) is 30.5 Å². The average Bonchev–Trinajstić information content (AvgIpc) is 3.24. The molecule has 162 valence electrons. The van der Waals surface area contributed by atoms with Gasteiger partial charge in [-0.15, -0.1) is 22.7 Å². The van der Waals surface area contributed by atoms with E-state index in [-0.39, 0.29) is 12.0 Å². The molecular weight excluding hydrogens is 484 g/mol. The zero-order valence-corrected chi connectivity index (χ0v) is 20.6. The lowest BCUT2D eigenvalue weighted by Gasteiger charge is -2.19. The predicted molar refractivity (Wildman–Crippen MR) is 126 cm³/mol. The molecule has 2 aliphatic carbocycles. The number of nitrogens with one attached hydrogen (secondary N) is 2. The van der Waals surface area contributed by atoms with Crippen molar-refractivity contribution < 1.29 is 14.3 Å².